The molecule has 0 N–H and O–H groups in total. The normalized spacial score (nSPS) is 38.8. The van der Waals surface area contributed by atoms with Gasteiger partial charge in [-0.2, -0.15) is 10.1 Å². The van der Waals surface area contributed by atoms with E-state index in [-0.39, 0.29) is 40.5 Å². The lowest BCUT2D eigenvalue weighted by Crippen LogP contribution is -2.40. The van der Waals surface area contributed by atoms with Crippen LogP contribution in [0.5, 0.6) is 0 Å². The van der Waals surface area contributed by atoms with Crippen LogP contribution >= 0.6 is 11.3 Å². The van der Waals surface area contributed by atoms with E-state index >= 15 is 0 Å². The molecule has 2 heterocycles. The van der Waals surface area contributed by atoms with E-state index in [0.29, 0.717) is 16.7 Å². The number of amides is 2. The lowest BCUT2D eigenvalue weighted by atomic mass is 9.63. The molecule has 5 aliphatic rings. The van der Waals surface area contributed by atoms with Gasteiger partial charge < -0.3 is 0 Å². The Kier molecular flexibility index (Phi) is 2.69. The van der Waals surface area contributed by atoms with Crippen LogP contribution < -0.4 is 0 Å². The van der Waals surface area contributed by atoms with Crippen LogP contribution in [-0.4, -0.2) is 28.0 Å². The molecule has 1 aromatic heterocycles. The van der Waals surface area contributed by atoms with Crippen molar-refractivity contribution in [2.24, 2.45) is 40.6 Å². The van der Waals surface area contributed by atoms with E-state index in [9.17, 15) is 19.7 Å². The van der Waals surface area contributed by atoms with Crippen molar-refractivity contribution in [2.75, 3.05) is 0 Å². The molecule has 8 heteroatoms. The minimum absolute atomic E-state index is 0.00604. The molecule has 3 fully saturated rings. The molecule has 6 atom stereocenters. The first-order chi connectivity index (χ1) is 11.6. The highest BCUT2D eigenvalue weighted by atomic mass is 32.1. The topological polar surface area (TPSA) is 92.9 Å². The van der Waals surface area contributed by atoms with Gasteiger partial charge in [0.2, 0.25) is 0 Å². The first-order valence-electron chi connectivity index (χ1n) is 7.90. The molecule has 1 aromatic rings. The number of rotatable bonds is 3. The molecule has 0 unspecified atom stereocenters. The summed E-state index contributed by atoms with van der Waals surface area (Å²) < 4.78 is 0. The van der Waals surface area contributed by atoms with Crippen molar-refractivity contribution in [2.45, 2.75) is 6.42 Å². The second-order valence-corrected chi connectivity index (χ2v) is 7.91. The second-order valence-electron chi connectivity index (χ2n) is 6.82. The minimum atomic E-state index is -0.474. The Bertz CT molecular complexity index is 808. The van der Waals surface area contributed by atoms with E-state index in [1.807, 2.05) is 0 Å². The standard InChI is InChI=1S/C16H13N3O4S/c20-15-13-8-2-3-9(11-5-10(8)11)14(13)16(21)18(15)17-6-7-1-4-12(24-7)19(22)23/h1-4,6,8-11,13-14H,5H2/b17-6-/t8-,9-,10-,11-,13+,14+/m0/s1. The van der Waals surface area contributed by atoms with Crippen LogP contribution in [-0.2, 0) is 9.59 Å². The average Bonchev–Trinajstić information content (AvgIpc) is 3.20. The molecule has 2 amide bonds. The van der Waals surface area contributed by atoms with Crippen molar-refractivity contribution >= 4 is 34.4 Å². The fourth-order valence-corrected chi connectivity index (χ4v) is 5.37. The first-order valence-corrected chi connectivity index (χ1v) is 8.72. The lowest BCUT2D eigenvalue weighted by molar-refractivity contribution is -0.380. The van der Waals surface area contributed by atoms with E-state index in [4.69, 9.17) is 0 Å². The van der Waals surface area contributed by atoms with Crippen molar-refractivity contribution in [3.8, 4) is 0 Å². The van der Waals surface area contributed by atoms with E-state index in [1.165, 1.54) is 12.3 Å². The predicted octanol–water partition coefficient (Wildman–Crippen LogP) is 2.04. The number of hydrazone groups is 1. The zero-order valence-corrected chi connectivity index (χ0v) is 13.3. The molecule has 2 saturated carbocycles. The maximum absolute atomic E-state index is 12.7. The summed E-state index contributed by atoms with van der Waals surface area (Å²) >= 11 is 0.963. The van der Waals surface area contributed by atoms with Gasteiger partial charge in [0.25, 0.3) is 11.8 Å². The van der Waals surface area contributed by atoms with E-state index < -0.39 is 4.92 Å². The minimum Gasteiger partial charge on any atom is -0.272 e. The summed E-state index contributed by atoms with van der Waals surface area (Å²) in [6, 6.07) is 2.95. The van der Waals surface area contributed by atoms with Crippen molar-refractivity contribution in [1.82, 2.24) is 5.01 Å². The molecule has 1 saturated heterocycles. The summed E-state index contributed by atoms with van der Waals surface area (Å²) in [6.07, 6.45) is 6.71. The molecule has 2 bridgehead atoms. The van der Waals surface area contributed by atoms with Crippen LogP contribution in [0.1, 0.15) is 11.3 Å². The SMILES string of the molecule is O=C1[C@@H]2[C@H]3C=C[C@@H]([C@@H]4C[C@@H]34)[C@H]2C(=O)N1/N=C\c1ccc([N+](=O)[O-])s1. The Balaban J connectivity index is 1.42. The van der Waals surface area contributed by atoms with E-state index in [1.54, 1.807) is 6.07 Å². The molecule has 24 heavy (non-hydrogen) atoms. The Morgan fingerprint density at radius 2 is 1.79 bits per heavy atom. The molecule has 6 rings (SSSR count). The predicted molar refractivity (Wildman–Crippen MR) is 85.1 cm³/mol. The summed E-state index contributed by atoms with van der Waals surface area (Å²) in [5.41, 5.74) is 0. The molecular weight excluding hydrogens is 330 g/mol. The maximum Gasteiger partial charge on any atom is 0.324 e. The van der Waals surface area contributed by atoms with E-state index in [0.717, 1.165) is 22.8 Å². The van der Waals surface area contributed by atoms with Gasteiger partial charge in [0, 0.05) is 6.07 Å². The number of imide groups is 1. The van der Waals surface area contributed by atoms with Gasteiger partial charge in [-0.25, -0.2) is 0 Å². The van der Waals surface area contributed by atoms with Crippen LogP contribution in [0.2, 0.25) is 0 Å². The highest BCUT2D eigenvalue weighted by Gasteiger charge is 2.67. The zero-order chi connectivity index (χ0) is 16.6. The van der Waals surface area contributed by atoms with Crippen molar-refractivity contribution < 1.29 is 14.5 Å². The largest absolute Gasteiger partial charge is 0.324 e. The van der Waals surface area contributed by atoms with Gasteiger partial charge in [0.1, 0.15) is 0 Å². The summed E-state index contributed by atoms with van der Waals surface area (Å²) in [6.45, 7) is 0. The number of carbonyl (C=O) groups is 2. The van der Waals surface area contributed by atoms with Gasteiger partial charge in [-0.1, -0.05) is 23.5 Å². The third kappa shape index (κ3) is 1.74. The highest BCUT2D eigenvalue weighted by molar-refractivity contribution is 7.16. The van der Waals surface area contributed by atoms with Crippen LogP contribution in [0.3, 0.4) is 0 Å². The number of carbonyl (C=O) groups excluding carboxylic acids is 2. The quantitative estimate of drug-likeness (QED) is 0.276. The van der Waals surface area contributed by atoms with Gasteiger partial charge in [-0.15, -0.1) is 0 Å². The number of allylic oxidation sites excluding steroid dienone is 2. The third-order valence-corrected chi connectivity index (χ3v) is 6.70. The Hall–Kier alpha value is -2.35. The van der Waals surface area contributed by atoms with Crippen molar-refractivity contribution in [1.29, 1.82) is 0 Å². The van der Waals surface area contributed by atoms with Gasteiger partial charge >= 0.3 is 5.00 Å². The van der Waals surface area contributed by atoms with Crippen LogP contribution in [0.25, 0.3) is 0 Å². The summed E-state index contributed by atoms with van der Waals surface area (Å²) in [5, 5.41) is 15.8. The summed E-state index contributed by atoms with van der Waals surface area (Å²) in [4.78, 5) is 36.2. The average molecular weight is 343 g/mol. The Labute approximate surface area is 140 Å². The van der Waals surface area contributed by atoms with Crippen molar-refractivity contribution in [3.63, 3.8) is 0 Å². The van der Waals surface area contributed by atoms with Gasteiger partial charge in [-0.3, -0.25) is 19.7 Å². The molecule has 1 aliphatic heterocycles. The van der Waals surface area contributed by atoms with Crippen LogP contribution in [0, 0.1) is 45.6 Å². The number of hydrogen-bond donors (Lipinski definition) is 0. The van der Waals surface area contributed by atoms with Gasteiger partial charge in [0.15, 0.2) is 0 Å². The number of hydrogen-bond acceptors (Lipinski definition) is 6. The van der Waals surface area contributed by atoms with Crippen LogP contribution in [0.4, 0.5) is 5.00 Å². The number of thiophene rings is 1. The Morgan fingerprint density at radius 1 is 1.17 bits per heavy atom. The number of nitrogens with zero attached hydrogens (tertiary/aromatic N) is 3. The van der Waals surface area contributed by atoms with Gasteiger partial charge in [0.05, 0.1) is 27.9 Å². The van der Waals surface area contributed by atoms with Crippen molar-refractivity contribution in [3.05, 3.63) is 39.3 Å². The molecule has 0 aromatic carbocycles. The molecular formula is C16H13N3O4S. The van der Waals surface area contributed by atoms with Gasteiger partial charge in [-0.05, 0) is 36.2 Å². The van der Waals surface area contributed by atoms with E-state index in [2.05, 4.69) is 17.3 Å². The molecule has 0 radical (unpaired) electrons. The highest BCUT2D eigenvalue weighted by Crippen LogP contribution is 2.65. The Morgan fingerprint density at radius 3 is 2.33 bits per heavy atom. The summed E-state index contributed by atoms with van der Waals surface area (Å²) in [5.74, 6) is 0.462. The molecule has 4 aliphatic carbocycles. The third-order valence-electron chi connectivity index (χ3n) is 5.73. The zero-order valence-electron chi connectivity index (χ0n) is 12.4. The fraction of sp³-hybridized carbons (Fsp3) is 0.438. The molecule has 122 valence electrons. The second kappa shape index (κ2) is 4.60. The molecule has 0 spiro atoms. The summed E-state index contributed by atoms with van der Waals surface area (Å²) in [7, 11) is 0. The van der Waals surface area contributed by atoms with Crippen LogP contribution in [0.15, 0.2) is 29.4 Å². The molecule has 7 nitrogen and oxygen atoms in total. The fourth-order valence-electron chi connectivity index (χ4n) is 4.68. The first kappa shape index (κ1) is 14.0. The smallest absolute Gasteiger partial charge is 0.272 e. The number of nitro groups is 1. The lowest BCUT2D eigenvalue weighted by Gasteiger charge is -2.37. The maximum atomic E-state index is 12.7. The monoisotopic (exact) mass is 343 g/mol.